The first-order chi connectivity index (χ1) is 10.1. The number of aryl methyl sites for hydroxylation is 1. The SMILES string of the molecule is CCNc1nc(CC)nc(N2CCCN(C)C(=O)C2)c1C. The van der Waals surface area contributed by atoms with E-state index in [1.165, 1.54) is 0 Å². The fourth-order valence-corrected chi connectivity index (χ4v) is 2.52. The largest absolute Gasteiger partial charge is 0.370 e. The number of amides is 1. The van der Waals surface area contributed by atoms with Gasteiger partial charge >= 0.3 is 0 Å². The Morgan fingerprint density at radius 1 is 1.24 bits per heavy atom. The van der Waals surface area contributed by atoms with E-state index < -0.39 is 0 Å². The lowest BCUT2D eigenvalue weighted by Crippen LogP contribution is -2.35. The molecule has 0 bridgehead atoms. The van der Waals surface area contributed by atoms with Crippen LogP contribution in [0.4, 0.5) is 11.6 Å². The number of rotatable bonds is 4. The van der Waals surface area contributed by atoms with Crippen LogP contribution in [-0.2, 0) is 11.2 Å². The summed E-state index contributed by atoms with van der Waals surface area (Å²) < 4.78 is 0. The highest BCUT2D eigenvalue weighted by atomic mass is 16.2. The fraction of sp³-hybridized carbons (Fsp3) is 0.667. The van der Waals surface area contributed by atoms with Crippen LogP contribution in [0.1, 0.15) is 31.7 Å². The van der Waals surface area contributed by atoms with E-state index in [4.69, 9.17) is 0 Å². The van der Waals surface area contributed by atoms with Crippen LogP contribution < -0.4 is 10.2 Å². The minimum atomic E-state index is 0.147. The molecule has 1 saturated heterocycles. The van der Waals surface area contributed by atoms with Crippen molar-refractivity contribution < 1.29 is 4.79 Å². The van der Waals surface area contributed by atoms with Crippen LogP contribution in [-0.4, -0.2) is 54.0 Å². The molecule has 2 heterocycles. The highest BCUT2D eigenvalue weighted by Gasteiger charge is 2.23. The van der Waals surface area contributed by atoms with Crippen LogP contribution in [0.2, 0.25) is 0 Å². The van der Waals surface area contributed by atoms with E-state index in [1.54, 1.807) is 4.90 Å². The van der Waals surface area contributed by atoms with E-state index in [0.29, 0.717) is 6.54 Å². The summed E-state index contributed by atoms with van der Waals surface area (Å²) in [6.07, 6.45) is 1.75. The van der Waals surface area contributed by atoms with Gasteiger partial charge in [0.2, 0.25) is 5.91 Å². The third kappa shape index (κ3) is 3.43. The molecule has 21 heavy (non-hydrogen) atoms. The van der Waals surface area contributed by atoms with Crippen molar-refractivity contribution in [2.24, 2.45) is 0 Å². The molecule has 0 saturated carbocycles. The molecule has 1 aromatic heterocycles. The Morgan fingerprint density at radius 2 is 2.00 bits per heavy atom. The van der Waals surface area contributed by atoms with Crippen molar-refractivity contribution in [1.82, 2.24) is 14.9 Å². The van der Waals surface area contributed by atoms with Gasteiger partial charge in [-0.1, -0.05) is 6.92 Å². The first-order valence-electron chi connectivity index (χ1n) is 7.67. The number of nitrogens with zero attached hydrogens (tertiary/aromatic N) is 4. The zero-order chi connectivity index (χ0) is 15.4. The van der Waals surface area contributed by atoms with Crippen LogP contribution in [0.25, 0.3) is 0 Å². The van der Waals surface area contributed by atoms with Crippen molar-refractivity contribution in [3.8, 4) is 0 Å². The molecule has 1 aliphatic heterocycles. The summed E-state index contributed by atoms with van der Waals surface area (Å²) in [5.74, 6) is 2.73. The van der Waals surface area contributed by atoms with Crippen LogP contribution in [0.15, 0.2) is 0 Å². The molecular weight excluding hydrogens is 266 g/mol. The second-order valence-corrected chi connectivity index (χ2v) is 5.41. The maximum atomic E-state index is 12.1. The van der Waals surface area contributed by atoms with Gasteiger partial charge in [0.25, 0.3) is 0 Å². The molecule has 0 atom stereocenters. The van der Waals surface area contributed by atoms with Crippen LogP contribution in [0.5, 0.6) is 0 Å². The molecule has 1 aliphatic rings. The summed E-state index contributed by atoms with van der Waals surface area (Å²) in [6, 6.07) is 0. The molecule has 0 spiro atoms. The predicted octanol–water partition coefficient (Wildman–Crippen LogP) is 1.45. The number of anilines is 2. The number of aromatic nitrogens is 2. The summed E-state index contributed by atoms with van der Waals surface area (Å²) in [7, 11) is 1.86. The Kier molecular flexibility index (Phi) is 4.98. The first-order valence-corrected chi connectivity index (χ1v) is 7.67. The van der Waals surface area contributed by atoms with E-state index in [0.717, 1.165) is 55.5 Å². The molecule has 1 aromatic rings. The number of hydrogen-bond acceptors (Lipinski definition) is 5. The first kappa shape index (κ1) is 15.5. The van der Waals surface area contributed by atoms with Gasteiger partial charge < -0.3 is 15.1 Å². The van der Waals surface area contributed by atoms with Crippen molar-refractivity contribution in [3.05, 3.63) is 11.4 Å². The van der Waals surface area contributed by atoms with E-state index in [1.807, 2.05) is 20.9 Å². The lowest BCUT2D eigenvalue weighted by Gasteiger charge is -2.24. The normalized spacial score (nSPS) is 16.1. The highest BCUT2D eigenvalue weighted by Crippen LogP contribution is 2.25. The number of hydrogen-bond donors (Lipinski definition) is 1. The minimum absolute atomic E-state index is 0.147. The van der Waals surface area contributed by atoms with Gasteiger partial charge in [-0.05, 0) is 20.3 Å². The summed E-state index contributed by atoms with van der Waals surface area (Å²) in [6.45, 7) is 8.99. The number of nitrogens with one attached hydrogen (secondary N) is 1. The smallest absolute Gasteiger partial charge is 0.241 e. The molecular formula is C15H25N5O. The molecule has 1 N–H and O–H groups in total. The average Bonchev–Trinajstić information content (AvgIpc) is 2.63. The zero-order valence-electron chi connectivity index (χ0n) is 13.4. The van der Waals surface area contributed by atoms with Crippen molar-refractivity contribution in [3.63, 3.8) is 0 Å². The van der Waals surface area contributed by atoms with E-state index in [9.17, 15) is 4.79 Å². The van der Waals surface area contributed by atoms with Crippen molar-refractivity contribution in [2.45, 2.75) is 33.6 Å². The van der Waals surface area contributed by atoms with Gasteiger partial charge in [-0.15, -0.1) is 0 Å². The molecule has 0 aromatic carbocycles. The average molecular weight is 291 g/mol. The Hall–Kier alpha value is -1.85. The number of likely N-dealkylation sites (N-methyl/N-ethyl adjacent to an activating group) is 1. The summed E-state index contributed by atoms with van der Waals surface area (Å²) >= 11 is 0. The van der Waals surface area contributed by atoms with E-state index in [-0.39, 0.29) is 5.91 Å². The third-order valence-electron chi connectivity index (χ3n) is 3.80. The van der Waals surface area contributed by atoms with Gasteiger partial charge in [0.05, 0.1) is 6.54 Å². The molecule has 6 nitrogen and oxygen atoms in total. The van der Waals surface area contributed by atoms with Crippen LogP contribution >= 0.6 is 0 Å². The lowest BCUT2D eigenvalue weighted by atomic mass is 10.2. The molecule has 1 fully saturated rings. The van der Waals surface area contributed by atoms with Gasteiger partial charge in [-0.3, -0.25) is 4.79 Å². The van der Waals surface area contributed by atoms with Gasteiger partial charge in [0.15, 0.2) is 0 Å². The van der Waals surface area contributed by atoms with Gasteiger partial charge in [-0.2, -0.15) is 0 Å². The second-order valence-electron chi connectivity index (χ2n) is 5.41. The summed E-state index contributed by atoms with van der Waals surface area (Å²) in [4.78, 5) is 25.2. The molecule has 116 valence electrons. The lowest BCUT2D eigenvalue weighted by molar-refractivity contribution is -0.127. The van der Waals surface area contributed by atoms with Gasteiger partial charge in [-0.25, -0.2) is 9.97 Å². The molecule has 2 rings (SSSR count). The monoisotopic (exact) mass is 291 g/mol. The van der Waals surface area contributed by atoms with Crippen molar-refractivity contribution >= 4 is 17.5 Å². The van der Waals surface area contributed by atoms with E-state index in [2.05, 4.69) is 27.1 Å². The Bertz CT molecular complexity index is 517. The number of carbonyl (C=O) groups is 1. The summed E-state index contributed by atoms with van der Waals surface area (Å²) in [5.41, 5.74) is 1.02. The Morgan fingerprint density at radius 3 is 2.67 bits per heavy atom. The minimum Gasteiger partial charge on any atom is -0.370 e. The zero-order valence-corrected chi connectivity index (χ0v) is 13.4. The number of carbonyl (C=O) groups excluding carboxylic acids is 1. The predicted molar refractivity (Wildman–Crippen MR) is 84.8 cm³/mol. The molecule has 0 radical (unpaired) electrons. The fourth-order valence-electron chi connectivity index (χ4n) is 2.52. The molecule has 0 unspecified atom stereocenters. The Labute approximate surface area is 126 Å². The third-order valence-corrected chi connectivity index (χ3v) is 3.80. The van der Waals surface area contributed by atoms with Crippen LogP contribution in [0, 0.1) is 6.92 Å². The maximum Gasteiger partial charge on any atom is 0.241 e. The van der Waals surface area contributed by atoms with Crippen LogP contribution in [0.3, 0.4) is 0 Å². The van der Waals surface area contributed by atoms with E-state index >= 15 is 0 Å². The van der Waals surface area contributed by atoms with Gasteiger partial charge in [0.1, 0.15) is 17.5 Å². The molecule has 6 heteroatoms. The highest BCUT2D eigenvalue weighted by molar-refractivity contribution is 5.82. The molecule has 1 amide bonds. The van der Waals surface area contributed by atoms with Gasteiger partial charge in [0, 0.05) is 38.7 Å². The second kappa shape index (κ2) is 6.74. The summed E-state index contributed by atoms with van der Waals surface area (Å²) in [5, 5.41) is 3.29. The topological polar surface area (TPSA) is 61.4 Å². The molecule has 0 aliphatic carbocycles. The maximum absolute atomic E-state index is 12.1. The quantitative estimate of drug-likeness (QED) is 0.910. The van der Waals surface area contributed by atoms with Crippen molar-refractivity contribution in [1.29, 1.82) is 0 Å². The standard InChI is InChI=1S/C15H25N5O/c1-5-12-17-14(16-6-2)11(3)15(18-12)20-9-7-8-19(4)13(21)10-20/h5-10H2,1-4H3,(H,16,17,18). The van der Waals surface area contributed by atoms with Crippen molar-refractivity contribution in [2.75, 3.05) is 43.4 Å². The Balaban J connectivity index is 2.37.